The predicted octanol–water partition coefficient (Wildman–Crippen LogP) is 3.36. The van der Waals surface area contributed by atoms with Crippen molar-refractivity contribution in [2.45, 2.75) is 38.9 Å². The standard InChI is InChI=1S/C26H30N4O4/c1-3-18(2)24(29-25(31)20-9-10-22-23(15-20)34-14-13-33-22)26(32)28-21(16-30-12-11-27-17-30)19-7-5-4-6-8-19/h4-12,15,17-18,21,24H,3,13-14,16H2,1-2H3,(H,28,32)(H,29,31)/t18?,21-,24-/m0/s1. The van der Waals surface area contributed by atoms with Crippen molar-refractivity contribution in [3.05, 3.63) is 78.4 Å². The van der Waals surface area contributed by atoms with Crippen LogP contribution in [-0.4, -0.2) is 40.6 Å². The van der Waals surface area contributed by atoms with Gasteiger partial charge in [0.05, 0.1) is 12.4 Å². The van der Waals surface area contributed by atoms with E-state index < -0.39 is 6.04 Å². The van der Waals surface area contributed by atoms with Crippen LogP contribution in [0, 0.1) is 5.92 Å². The number of hydrogen-bond donors (Lipinski definition) is 2. The van der Waals surface area contributed by atoms with Crippen LogP contribution >= 0.6 is 0 Å². The average molecular weight is 463 g/mol. The SMILES string of the molecule is CCC(C)[C@H](NC(=O)c1ccc2c(c1)OCCO2)C(=O)N[C@@H](Cn1ccnc1)c1ccccc1. The zero-order valence-electron chi connectivity index (χ0n) is 19.4. The molecule has 0 aliphatic carbocycles. The minimum Gasteiger partial charge on any atom is -0.486 e. The summed E-state index contributed by atoms with van der Waals surface area (Å²) in [6, 6.07) is 13.9. The Balaban J connectivity index is 1.51. The van der Waals surface area contributed by atoms with Gasteiger partial charge >= 0.3 is 0 Å². The summed E-state index contributed by atoms with van der Waals surface area (Å²) in [4.78, 5) is 30.6. The summed E-state index contributed by atoms with van der Waals surface area (Å²) in [5.41, 5.74) is 1.40. The molecule has 1 aliphatic heterocycles. The number of aromatic nitrogens is 2. The Bertz CT molecular complexity index is 1100. The smallest absolute Gasteiger partial charge is 0.252 e. The van der Waals surface area contributed by atoms with Crippen LogP contribution in [0.5, 0.6) is 11.5 Å². The molecule has 0 spiro atoms. The number of rotatable bonds is 9. The lowest BCUT2D eigenvalue weighted by Gasteiger charge is -2.27. The van der Waals surface area contributed by atoms with Gasteiger partial charge in [0.1, 0.15) is 19.3 Å². The first-order valence-electron chi connectivity index (χ1n) is 11.6. The highest BCUT2D eigenvalue weighted by molar-refractivity contribution is 5.98. The molecule has 178 valence electrons. The van der Waals surface area contributed by atoms with Gasteiger partial charge in [0, 0.05) is 24.5 Å². The lowest BCUT2D eigenvalue weighted by Crippen LogP contribution is -2.51. The molecule has 1 aliphatic rings. The zero-order chi connectivity index (χ0) is 23.9. The number of imidazole rings is 1. The summed E-state index contributed by atoms with van der Waals surface area (Å²) in [7, 11) is 0. The average Bonchev–Trinajstić information content (AvgIpc) is 3.39. The van der Waals surface area contributed by atoms with Crippen LogP contribution in [0.25, 0.3) is 0 Å². The van der Waals surface area contributed by atoms with Crippen molar-refractivity contribution < 1.29 is 19.1 Å². The van der Waals surface area contributed by atoms with E-state index in [-0.39, 0.29) is 23.8 Å². The summed E-state index contributed by atoms with van der Waals surface area (Å²) in [6.45, 7) is 5.41. The normalized spacial score (nSPS) is 15.1. The van der Waals surface area contributed by atoms with Gasteiger partial charge in [0.25, 0.3) is 5.91 Å². The van der Waals surface area contributed by atoms with E-state index in [1.54, 1.807) is 30.7 Å². The van der Waals surface area contributed by atoms with Gasteiger partial charge in [-0.1, -0.05) is 50.6 Å². The number of nitrogens with one attached hydrogen (secondary N) is 2. The molecule has 8 nitrogen and oxygen atoms in total. The summed E-state index contributed by atoms with van der Waals surface area (Å²) in [6.07, 6.45) is 6.02. The molecule has 34 heavy (non-hydrogen) atoms. The maximum absolute atomic E-state index is 13.5. The number of carbonyl (C=O) groups excluding carboxylic acids is 2. The maximum atomic E-state index is 13.5. The Morgan fingerprint density at radius 1 is 1.06 bits per heavy atom. The van der Waals surface area contributed by atoms with Crippen molar-refractivity contribution in [3.8, 4) is 11.5 Å². The Morgan fingerprint density at radius 3 is 2.53 bits per heavy atom. The van der Waals surface area contributed by atoms with Crippen LogP contribution in [0.3, 0.4) is 0 Å². The van der Waals surface area contributed by atoms with E-state index in [1.165, 1.54) is 0 Å². The van der Waals surface area contributed by atoms with Gasteiger partial charge in [-0.3, -0.25) is 9.59 Å². The maximum Gasteiger partial charge on any atom is 0.252 e. The van der Waals surface area contributed by atoms with Crippen molar-refractivity contribution >= 4 is 11.8 Å². The van der Waals surface area contributed by atoms with Gasteiger partial charge in [-0.2, -0.15) is 0 Å². The number of nitrogens with zero attached hydrogens (tertiary/aromatic N) is 2. The molecule has 1 aromatic heterocycles. The highest BCUT2D eigenvalue weighted by atomic mass is 16.6. The van der Waals surface area contributed by atoms with Gasteiger partial charge in [0.15, 0.2) is 11.5 Å². The Morgan fingerprint density at radius 2 is 1.82 bits per heavy atom. The predicted molar refractivity (Wildman–Crippen MR) is 128 cm³/mol. The second kappa shape index (κ2) is 10.9. The number of fused-ring (bicyclic) bond motifs is 1. The van der Waals surface area contributed by atoms with E-state index in [2.05, 4.69) is 15.6 Å². The molecule has 2 heterocycles. The number of carbonyl (C=O) groups is 2. The van der Waals surface area contributed by atoms with Gasteiger partial charge in [-0.25, -0.2) is 4.98 Å². The third-order valence-electron chi connectivity index (χ3n) is 6.06. The van der Waals surface area contributed by atoms with Crippen LogP contribution in [0.4, 0.5) is 0 Å². The number of amides is 2. The molecule has 0 saturated heterocycles. The van der Waals surface area contributed by atoms with E-state index in [4.69, 9.17) is 9.47 Å². The molecule has 2 N–H and O–H groups in total. The minimum atomic E-state index is -0.695. The summed E-state index contributed by atoms with van der Waals surface area (Å²) >= 11 is 0. The summed E-state index contributed by atoms with van der Waals surface area (Å²) in [5.74, 6) is 0.528. The number of hydrogen-bond acceptors (Lipinski definition) is 5. The zero-order valence-corrected chi connectivity index (χ0v) is 19.4. The molecule has 0 radical (unpaired) electrons. The molecule has 2 amide bonds. The van der Waals surface area contributed by atoms with Crippen molar-refractivity contribution in [2.24, 2.45) is 5.92 Å². The second-order valence-electron chi connectivity index (χ2n) is 8.43. The van der Waals surface area contributed by atoms with E-state index in [9.17, 15) is 9.59 Å². The first-order valence-corrected chi connectivity index (χ1v) is 11.6. The van der Waals surface area contributed by atoms with Crippen molar-refractivity contribution in [2.75, 3.05) is 13.2 Å². The lowest BCUT2D eigenvalue weighted by molar-refractivity contribution is -0.125. The molecule has 2 aromatic carbocycles. The van der Waals surface area contributed by atoms with Gasteiger partial charge in [0.2, 0.25) is 5.91 Å². The molecule has 1 unspecified atom stereocenters. The third-order valence-corrected chi connectivity index (χ3v) is 6.06. The van der Waals surface area contributed by atoms with Crippen molar-refractivity contribution in [1.29, 1.82) is 0 Å². The van der Waals surface area contributed by atoms with Crippen LogP contribution in [-0.2, 0) is 11.3 Å². The molecule has 8 heteroatoms. The van der Waals surface area contributed by atoms with E-state index in [1.807, 2.05) is 54.9 Å². The highest BCUT2D eigenvalue weighted by Gasteiger charge is 2.29. The Hall–Kier alpha value is -3.81. The molecule has 0 saturated carbocycles. The fraction of sp³-hybridized carbons (Fsp3) is 0.346. The number of benzene rings is 2. The van der Waals surface area contributed by atoms with Crippen LogP contribution in [0.15, 0.2) is 67.3 Å². The molecule has 3 aromatic rings. The largest absolute Gasteiger partial charge is 0.486 e. The van der Waals surface area contributed by atoms with Crippen molar-refractivity contribution in [1.82, 2.24) is 20.2 Å². The highest BCUT2D eigenvalue weighted by Crippen LogP contribution is 2.30. The van der Waals surface area contributed by atoms with Crippen LogP contribution in [0.1, 0.15) is 42.2 Å². The fourth-order valence-corrected chi connectivity index (χ4v) is 3.90. The third kappa shape index (κ3) is 5.57. The number of ether oxygens (including phenoxy) is 2. The monoisotopic (exact) mass is 462 g/mol. The molecule has 3 atom stereocenters. The minimum absolute atomic E-state index is 0.0640. The molecule has 0 fully saturated rings. The van der Waals surface area contributed by atoms with Crippen LogP contribution < -0.4 is 20.1 Å². The van der Waals surface area contributed by atoms with E-state index >= 15 is 0 Å². The lowest BCUT2D eigenvalue weighted by atomic mass is 9.96. The molecule has 4 rings (SSSR count). The molecular weight excluding hydrogens is 432 g/mol. The fourth-order valence-electron chi connectivity index (χ4n) is 3.90. The summed E-state index contributed by atoms with van der Waals surface area (Å²) < 4.78 is 13.1. The Labute approximate surface area is 199 Å². The topological polar surface area (TPSA) is 94.5 Å². The molecule has 0 bridgehead atoms. The molecular formula is C26H30N4O4. The summed E-state index contributed by atoms with van der Waals surface area (Å²) in [5, 5.41) is 6.09. The van der Waals surface area contributed by atoms with Gasteiger partial charge in [-0.15, -0.1) is 0 Å². The second-order valence-corrected chi connectivity index (χ2v) is 8.43. The van der Waals surface area contributed by atoms with E-state index in [0.717, 1.165) is 12.0 Å². The Kier molecular flexibility index (Phi) is 7.47. The first-order chi connectivity index (χ1) is 16.5. The van der Waals surface area contributed by atoms with E-state index in [0.29, 0.717) is 36.8 Å². The van der Waals surface area contributed by atoms with Gasteiger partial charge < -0.3 is 24.7 Å². The quantitative estimate of drug-likeness (QED) is 0.509. The van der Waals surface area contributed by atoms with Crippen LogP contribution in [0.2, 0.25) is 0 Å². The van der Waals surface area contributed by atoms with Gasteiger partial charge in [-0.05, 0) is 29.7 Å². The van der Waals surface area contributed by atoms with Crippen molar-refractivity contribution in [3.63, 3.8) is 0 Å². The first kappa shape index (κ1) is 23.4.